The van der Waals surface area contributed by atoms with E-state index in [9.17, 15) is 0 Å². The standard InChI is InChI=1S/C13H17IN2O/c1-10(2)9-17-6-5-16-13-7-12(14)4-3-11(13)8-15-16/h3-4,7-8,10H,5-6,9H2,1-2H3. The molecule has 0 fully saturated rings. The summed E-state index contributed by atoms with van der Waals surface area (Å²) < 4.78 is 8.83. The first-order chi connectivity index (χ1) is 8.16. The van der Waals surface area contributed by atoms with E-state index in [1.165, 1.54) is 14.5 Å². The van der Waals surface area contributed by atoms with Crippen molar-refractivity contribution in [2.45, 2.75) is 20.4 Å². The lowest BCUT2D eigenvalue weighted by Gasteiger charge is -2.07. The van der Waals surface area contributed by atoms with Gasteiger partial charge in [0.2, 0.25) is 0 Å². The molecule has 0 saturated heterocycles. The van der Waals surface area contributed by atoms with Gasteiger partial charge in [-0.1, -0.05) is 19.9 Å². The summed E-state index contributed by atoms with van der Waals surface area (Å²) in [5.41, 5.74) is 1.19. The highest BCUT2D eigenvalue weighted by molar-refractivity contribution is 14.1. The summed E-state index contributed by atoms with van der Waals surface area (Å²) in [6.45, 7) is 6.67. The Morgan fingerprint density at radius 3 is 3.00 bits per heavy atom. The Morgan fingerprint density at radius 1 is 1.41 bits per heavy atom. The highest BCUT2D eigenvalue weighted by Gasteiger charge is 2.03. The minimum atomic E-state index is 0.588. The van der Waals surface area contributed by atoms with Gasteiger partial charge in [-0.05, 0) is 40.6 Å². The van der Waals surface area contributed by atoms with Crippen LogP contribution < -0.4 is 0 Å². The second kappa shape index (κ2) is 5.82. The number of rotatable bonds is 5. The molecule has 0 amide bonds. The first-order valence-electron chi connectivity index (χ1n) is 5.85. The van der Waals surface area contributed by atoms with Crippen LogP contribution in [-0.2, 0) is 11.3 Å². The second-order valence-corrected chi connectivity index (χ2v) is 5.79. The van der Waals surface area contributed by atoms with Crippen LogP contribution in [0.15, 0.2) is 24.4 Å². The van der Waals surface area contributed by atoms with Gasteiger partial charge in [-0.15, -0.1) is 0 Å². The molecule has 17 heavy (non-hydrogen) atoms. The molecule has 0 saturated carbocycles. The zero-order valence-electron chi connectivity index (χ0n) is 10.2. The van der Waals surface area contributed by atoms with Crippen molar-refractivity contribution in [2.75, 3.05) is 13.2 Å². The van der Waals surface area contributed by atoms with Gasteiger partial charge in [0.1, 0.15) is 0 Å². The highest BCUT2D eigenvalue weighted by Crippen LogP contribution is 2.16. The van der Waals surface area contributed by atoms with Crippen LogP contribution in [0.25, 0.3) is 10.9 Å². The van der Waals surface area contributed by atoms with E-state index in [1.54, 1.807) is 0 Å². The third-order valence-corrected chi connectivity index (χ3v) is 3.18. The number of hydrogen-bond acceptors (Lipinski definition) is 2. The van der Waals surface area contributed by atoms with Crippen molar-refractivity contribution >= 4 is 33.5 Å². The summed E-state index contributed by atoms with van der Waals surface area (Å²) in [4.78, 5) is 0. The first kappa shape index (κ1) is 12.8. The lowest BCUT2D eigenvalue weighted by molar-refractivity contribution is 0.102. The maximum atomic E-state index is 5.58. The Balaban J connectivity index is 2.01. The molecular formula is C13H17IN2O. The molecule has 1 aromatic carbocycles. The second-order valence-electron chi connectivity index (χ2n) is 4.54. The van der Waals surface area contributed by atoms with Gasteiger partial charge in [0.15, 0.2) is 0 Å². The van der Waals surface area contributed by atoms with Crippen molar-refractivity contribution in [3.63, 3.8) is 0 Å². The Bertz CT molecular complexity index is 493. The monoisotopic (exact) mass is 344 g/mol. The number of hydrogen-bond donors (Lipinski definition) is 0. The van der Waals surface area contributed by atoms with Gasteiger partial charge in [0, 0.05) is 15.6 Å². The molecule has 0 spiro atoms. The Morgan fingerprint density at radius 2 is 2.24 bits per heavy atom. The predicted octanol–water partition coefficient (Wildman–Crippen LogP) is 3.31. The van der Waals surface area contributed by atoms with Crippen LogP contribution in [0.2, 0.25) is 0 Å². The number of fused-ring (bicyclic) bond motifs is 1. The van der Waals surface area contributed by atoms with Crippen LogP contribution in [0.5, 0.6) is 0 Å². The molecule has 0 N–H and O–H groups in total. The summed E-state index contributed by atoms with van der Waals surface area (Å²) in [7, 11) is 0. The van der Waals surface area contributed by atoms with Crippen molar-refractivity contribution in [1.29, 1.82) is 0 Å². The van der Waals surface area contributed by atoms with E-state index in [2.05, 4.69) is 59.7 Å². The van der Waals surface area contributed by atoms with Crippen LogP contribution in [-0.4, -0.2) is 23.0 Å². The molecule has 3 nitrogen and oxygen atoms in total. The summed E-state index contributed by atoms with van der Waals surface area (Å²) in [5.74, 6) is 0.588. The molecule has 0 aliphatic rings. The lowest BCUT2D eigenvalue weighted by Crippen LogP contribution is -2.10. The molecule has 0 radical (unpaired) electrons. The van der Waals surface area contributed by atoms with E-state index in [0.29, 0.717) is 5.92 Å². The minimum Gasteiger partial charge on any atom is -0.379 e. The van der Waals surface area contributed by atoms with Gasteiger partial charge < -0.3 is 4.74 Å². The lowest BCUT2D eigenvalue weighted by atomic mass is 10.2. The van der Waals surface area contributed by atoms with Gasteiger partial charge >= 0.3 is 0 Å². The van der Waals surface area contributed by atoms with E-state index in [4.69, 9.17) is 4.74 Å². The molecule has 1 heterocycles. The summed E-state index contributed by atoms with van der Waals surface area (Å²) >= 11 is 2.32. The van der Waals surface area contributed by atoms with Gasteiger partial charge in [-0.3, -0.25) is 4.68 Å². The van der Waals surface area contributed by atoms with Crippen LogP contribution in [0.3, 0.4) is 0 Å². The van der Waals surface area contributed by atoms with E-state index < -0.39 is 0 Å². The molecular weight excluding hydrogens is 327 g/mol. The first-order valence-corrected chi connectivity index (χ1v) is 6.93. The SMILES string of the molecule is CC(C)COCCn1ncc2ccc(I)cc21. The van der Waals surface area contributed by atoms with Crippen LogP contribution in [0.4, 0.5) is 0 Å². The summed E-state index contributed by atoms with van der Waals surface area (Å²) in [6, 6.07) is 6.37. The zero-order valence-corrected chi connectivity index (χ0v) is 12.3. The number of ether oxygens (including phenoxy) is 1. The molecule has 92 valence electrons. The van der Waals surface area contributed by atoms with Gasteiger partial charge in [-0.25, -0.2) is 0 Å². The number of aromatic nitrogens is 2. The molecule has 2 rings (SSSR count). The third kappa shape index (κ3) is 3.42. The smallest absolute Gasteiger partial charge is 0.0693 e. The fourth-order valence-electron chi connectivity index (χ4n) is 1.69. The molecule has 2 aromatic rings. The van der Waals surface area contributed by atoms with Crippen LogP contribution in [0, 0.1) is 9.49 Å². The van der Waals surface area contributed by atoms with Crippen LogP contribution >= 0.6 is 22.6 Å². The van der Waals surface area contributed by atoms with Gasteiger partial charge in [0.25, 0.3) is 0 Å². The van der Waals surface area contributed by atoms with Crippen molar-refractivity contribution in [1.82, 2.24) is 9.78 Å². The largest absolute Gasteiger partial charge is 0.379 e. The maximum absolute atomic E-state index is 5.58. The number of halogens is 1. The molecule has 4 heteroatoms. The van der Waals surface area contributed by atoms with E-state index in [-0.39, 0.29) is 0 Å². The number of nitrogens with zero attached hydrogens (tertiary/aromatic N) is 2. The molecule has 0 atom stereocenters. The molecule has 0 bridgehead atoms. The summed E-state index contributed by atoms with van der Waals surface area (Å²) in [6.07, 6.45) is 1.91. The van der Waals surface area contributed by atoms with Crippen molar-refractivity contribution in [2.24, 2.45) is 5.92 Å². The average Bonchev–Trinajstić information content (AvgIpc) is 2.67. The highest BCUT2D eigenvalue weighted by atomic mass is 127. The Kier molecular flexibility index (Phi) is 4.39. The molecule has 0 unspecified atom stereocenters. The molecule has 0 aliphatic heterocycles. The fourth-order valence-corrected chi connectivity index (χ4v) is 2.17. The van der Waals surface area contributed by atoms with Crippen molar-refractivity contribution < 1.29 is 4.74 Å². The number of benzene rings is 1. The van der Waals surface area contributed by atoms with E-state index in [1.807, 2.05) is 10.9 Å². The predicted molar refractivity (Wildman–Crippen MR) is 78.1 cm³/mol. The minimum absolute atomic E-state index is 0.588. The molecule has 0 aliphatic carbocycles. The van der Waals surface area contributed by atoms with Crippen molar-refractivity contribution in [3.8, 4) is 0 Å². The van der Waals surface area contributed by atoms with E-state index >= 15 is 0 Å². The average molecular weight is 344 g/mol. The third-order valence-electron chi connectivity index (χ3n) is 2.51. The maximum Gasteiger partial charge on any atom is 0.0693 e. The topological polar surface area (TPSA) is 27.1 Å². The quantitative estimate of drug-likeness (QED) is 0.615. The normalized spacial score (nSPS) is 11.5. The van der Waals surface area contributed by atoms with Crippen molar-refractivity contribution in [3.05, 3.63) is 28.0 Å². The van der Waals surface area contributed by atoms with Gasteiger partial charge in [0.05, 0.1) is 24.9 Å². The summed E-state index contributed by atoms with van der Waals surface area (Å²) in [5, 5.41) is 5.58. The Labute approximate surface area is 115 Å². The van der Waals surface area contributed by atoms with Crippen LogP contribution in [0.1, 0.15) is 13.8 Å². The Hall–Kier alpha value is -0.620. The van der Waals surface area contributed by atoms with Gasteiger partial charge in [-0.2, -0.15) is 5.10 Å². The molecule has 1 aromatic heterocycles. The zero-order chi connectivity index (χ0) is 12.3. The fraction of sp³-hybridized carbons (Fsp3) is 0.462. The van der Waals surface area contributed by atoms with E-state index in [0.717, 1.165) is 19.8 Å².